The summed E-state index contributed by atoms with van der Waals surface area (Å²) < 4.78 is 2.66. The van der Waals surface area contributed by atoms with E-state index in [0.717, 1.165) is 15.9 Å². The number of rotatable bonds is 2. The molecule has 20 heavy (non-hydrogen) atoms. The Bertz CT molecular complexity index is 735. The SMILES string of the molecule is Cc1ccc(-n2cc(Br)c(-c3ccc(Cl)nn3)n2)cc1. The lowest BCUT2D eigenvalue weighted by Gasteiger charge is -2.01. The van der Waals surface area contributed by atoms with Crippen molar-refractivity contribution in [2.45, 2.75) is 6.92 Å². The molecule has 2 aromatic heterocycles. The normalized spacial score (nSPS) is 10.8. The van der Waals surface area contributed by atoms with Gasteiger partial charge in [0, 0.05) is 6.20 Å². The van der Waals surface area contributed by atoms with Crippen molar-refractivity contribution in [3.05, 3.63) is 57.8 Å². The summed E-state index contributed by atoms with van der Waals surface area (Å²) in [5.74, 6) is 0. The Balaban J connectivity index is 2.02. The smallest absolute Gasteiger partial charge is 0.151 e. The van der Waals surface area contributed by atoms with Gasteiger partial charge in [-0.05, 0) is 47.1 Å². The van der Waals surface area contributed by atoms with Crippen LogP contribution >= 0.6 is 27.5 Å². The van der Waals surface area contributed by atoms with Crippen molar-refractivity contribution in [1.82, 2.24) is 20.0 Å². The lowest BCUT2D eigenvalue weighted by atomic mass is 10.2. The monoisotopic (exact) mass is 348 g/mol. The van der Waals surface area contributed by atoms with E-state index in [1.54, 1.807) is 16.8 Å². The van der Waals surface area contributed by atoms with Crippen molar-refractivity contribution < 1.29 is 0 Å². The zero-order valence-corrected chi connectivity index (χ0v) is 12.9. The Hall–Kier alpha value is -1.72. The Kier molecular flexibility index (Phi) is 3.54. The van der Waals surface area contributed by atoms with Gasteiger partial charge in [0.15, 0.2) is 5.15 Å². The third kappa shape index (κ3) is 2.59. The number of halogens is 2. The maximum Gasteiger partial charge on any atom is 0.151 e. The Morgan fingerprint density at radius 1 is 1.05 bits per heavy atom. The van der Waals surface area contributed by atoms with Crippen LogP contribution in [0.4, 0.5) is 0 Å². The van der Waals surface area contributed by atoms with Gasteiger partial charge >= 0.3 is 0 Å². The number of nitrogens with zero attached hydrogens (tertiary/aromatic N) is 4. The molecule has 4 nitrogen and oxygen atoms in total. The molecule has 0 aliphatic rings. The summed E-state index contributed by atoms with van der Waals surface area (Å²) in [6, 6.07) is 11.6. The van der Waals surface area contributed by atoms with E-state index in [0.29, 0.717) is 10.8 Å². The maximum absolute atomic E-state index is 5.74. The molecule has 2 heterocycles. The summed E-state index contributed by atoms with van der Waals surface area (Å²) in [5, 5.41) is 12.8. The fourth-order valence-electron chi connectivity index (χ4n) is 1.80. The largest absolute Gasteiger partial charge is 0.239 e. The Morgan fingerprint density at radius 3 is 2.45 bits per heavy atom. The molecule has 100 valence electrons. The van der Waals surface area contributed by atoms with Crippen molar-refractivity contribution in [2.24, 2.45) is 0 Å². The second-order valence-corrected chi connectivity index (χ2v) is 5.59. The highest BCUT2D eigenvalue weighted by Crippen LogP contribution is 2.26. The van der Waals surface area contributed by atoms with Gasteiger partial charge in [-0.25, -0.2) is 4.68 Å². The number of hydrogen-bond donors (Lipinski definition) is 0. The first-order valence-electron chi connectivity index (χ1n) is 5.95. The quantitative estimate of drug-likeness (QED) is 0.701. The summed E-state index contributed by atoms with van der Waals surface area (Å²) in [5.41, 5.74) is 3.61. The van der Waals surface area contributed by atoms with Crippen molar-refractivity contribution in [2.75, 3.05) is 0 Å². The molecule has 0 spiro atoms. The molecule has 1 aromatic carbocycles. The molecule has 0 aliphatic heterocycles. The number of hydrogen-bond acceptors (Lipinski definition) is 3. The van der Waals surface area contributed by atoms with Crippen LogP contribution in [0.25, 0.3) is 17.1 Å². The van der Waals surface area contributed by atoms with Gasteiger partial charge in [-0.2, -0.15) is 5.10 Å². The van der Waals surface area contributed by atoms with Gasteiger partial charge < -0.3 is 0 Å². The zero-order valence-electron chi connectivity index (χ0n) is 10.6. The summed E-state index contributed by atoms with van der Waals surface area (Å²) >= 11 is 9.24. The van der Waals surface area contributed by atoms with E-state index in [1.165, 1.54) is 5.56 Å². The molecule has 0 N–H and O–H groups in total. The van der Waals surface area contributed by atoms with E-state index in [9.17, 15) is 0 Å². The fraction of sp³-hybridized carbons (Fsp3) is 0.0714. The predicted octanol–water partition coefficient (Wildman–Crippen LogP) is 4.05. The van der Waals surface area contributed by atoms with Crippen molar-refractivity contribution in [1.29, 1.82) is 0 Å². The molecule has 0 unspecified atom stereocenters. The van der Waals surface area contributed by atoms with E-state index in [1.807, 2.05) is 30.5 Å². The number of benzene rings is 1. The number of aromatic nitrogens is 4. The topological polar surface area (TPSA) is 43.6 Å². The van der Waals surface area contributed by atoms with Gasteiger partial charge in [-0.15, -0.1) is 10.2 Å². The maximum atomic E-state index is 5.74. The highest BCUT2D eigenvalue weighted by Gasteiger charge is 2.11. The molecular formula is C14H10BrClN4. The summed E-state index contributed by atoms with van der Waals surface area (Å²) in [7, 11) is 0. The van der Waals surface area contributed by atoms with Crippen molar-refractivity contribution >= 4 is 27.5 Å². The van der Waals surface area contributed by atoms with Gasteiger partial charge in [0.25, 0.3) is 0 Å². The average molecular weight is 350 g/mol. The molecular weight excluding hydrogens is 340 g/mol. The molecule has 3 aromatic rings. The summed E-state index contributed by atoms with van der Waals surface area (Å²) in [6.07, 6.45) is 1.90. The van der Waals surface area contributed by atoms with Crippen molar-refractivity contribution in [3.63, 3.8) is 0 Å². The molecule has 0 radical (unpaired) electrons. The molecule has 0 saturated heterocycles. The lowest BCUT2D eigenvalue weighted by molar-refractivity contribution is 0.878. The van der Waals surface area contributed by atoms with Gasteiger partial charge in [-0.3, -0.25) is 0 Å². The van der Waals surface area contributed by atoms with Crippen LogP contribution in [0.5, 0.6) is 0 Å². The van der Waals surface area contributed by atoms with Crippen LogP contribution < -0.4 is 0 Å². The molecule has 0 amide bonds. The minimum Gasteiger partial charge on any atom is -0.239 e. The molecule has 0 bridgehead atoms. The molecule has 0 atom stereocenters. The van der Waals surface area contributed by atoms with Gasteiger partial charge in [0.05, 0.1) is 10.2 Å². The zero-order chi connectivity index (χ0) is 14.1. The van der Waals surface area contributed by atoms with Crippen LogP contribution in [0.3, 0.4) is 0 Å². The first-order valence-corrected chi connectivity index (χ1v) is 7.12. The van der Waals surface area contributed by atoms with Gasteiger partial charge in [-0.1, -0.05) is 29.3 Å². The van der Waals surface area contributed by atoms with Crippen LogP contribution in [-0.4, -0.2) is 20.0 Å². The van der Waals surface area contributed by atoms with Crippen LogP contribution in [0.15, 0.2) is 47.1 Å². The summed E-state index contributed by atoms with van der Waals surface area (Å²) in [4.78, 5) is 0. The Morgan fingerprint density at radius 2 is 1.80 bits per heavy atom. The molecule has 3 rings (SSSR count). The first kappa shape index (κ1) is 13.3. The highest BCUT2D eigenvalue weighted by molar-refractivity contribution is 9.10. The van der Waals surface area contributed by atoms with Crippen molar-refractivity contribution in [3.8, 4) is 17.1 Å². The van der Waals surface area contributed by atoms with Crippen LogP contribution in [0, 0.1) is 6.92 Å². The summed E-state index contributed by atoms with van der Waals surface area (Å²) in [6.45, 7) is 2.05. The fourth-order valence-corrected chi connectivity index (χ4v) is 2.38. The van der Waals surface area contributed by atoms with Crippen LogP contribution in [0.2, 0.25) is 5.15 Å². The standard InChI is InChI=1S/C14H10BrClN4/c1-9-2-4-10(5-3-9)20-8-11(15)14(19-20)12-6-7-13(16)18-17-12/h2-8H,1H3. The van der Waals surface area contributed by atoms with Crippen LogP contribution in [-0.2, 0) is 0 Å². The molecule has 0 aliphatic carbocycles. The molecule has 0 saturated carbocycles. The van der Waals surface area contributed by atoms with E-state index in [2.05, 4.69) is 38.1 Å². The molecule has 0 fully saturated rings. The van der Waals surface area contributed by atoms with E-state index >= 15 is 0 Å². The Labute approximate surface area is 129 Å². The second-order valence-electron chi connectivity index (χ2n) is 4.35. The minimum absolute atomic E-state index is 0.364. The lowest BCUT2D eigenvalue weighted by Crippen LogP contribution is -1.95. The third-order valence-electron chi connectivity index (χ3n) is 2.84. The van der Waals surface area contributed by atoms with Crippen LogP contribution in [0.1, 0.15) is 5.56 Å². The average Bonchev–Trinajstić information content (AvgIpc) is 2.82. The van der Waals surface area contributed by atoms with E-state index in [4.69, 9.17) is 11.6 Å². The molecule has 6 heteroatoms. The third-order valence-corrected chi connectivity index (χ3v) is 3.62. The van der Waals surface area contributed by atoms with E-state index in [-0.39, 0.29) is 0 Å². The predicted molar refractivity (Wildman–Crippen MR) is 82.0 cm³/mol. The highest BCUT2D eigenvalue weighted by atomic mass is 79.9. The minimum atomic E-state index is 0.364. The van der Waals surface area contributed by atoms with Gasteiger partial charge in [0.1, 0.15) is 11.4 Å². The second kappa shape index (κ2) is 5.34. The van der Waals surface area contributed by atoms with E-state index < -0.39 is 0 Å². The number of aryl methyl sites for hydroxylation is 1. The van der Waals surface area contributed by atoms with Gasteiger partial charge in [0.2, 0.25) is 0 Å². The first-order chi connectivity index (χ1) is 9.63.